The lowest BCUT2D eigenvalue weighted by atomic mass is 10.2. The predicted octanol–water partition coefficient (Wildman–Crippen LogP) is 2.72. The van der Waals surface area contributed by atoms with Crippen LogP contribution in [0.4, 0.5) is 11.4 Å². The average molecular weight is 384 g/mol. The maximum Gasteiger partial charge on any atom is 0.338 e. The van der Waals surface area contributed by atoms with Crippen molar-refractivity contribution < 1.29 is 23.8 Å². The van der Waals surface area contributed by atoms with Gasteiger partial charge in [0.05, 0.1) is 25.4 Å². The highest BCUT2D eigenvalue weighted by Crippen LogP contribution is 2.19. The normalized spacial score (nSPS) is 13.7. The minimum Gasteiger partial charge on any atom is -0.484 e. The van der Waals surface area contributed by atoms with Crippen LogP contribution in [0.2, 0.25) is 0 Å². The van der Waals surface area contributed by atoms with Crippen molar-refractivity contribution in [3.8, 4) is 5.75 Å². The third-order valence-electron chi connectivity index (χ3n) is 4.26. The predicted molar refractivity (Wildman–Crippen MR) is 106 cm³/mol. The average Bonchev–Trinajstić information content (AvgIpc) is 2.74. The molecular formula is C21H24N2O5. The van der Waals surface area contributed by atoms with Crippen molar-refractivity contribution in [2.24, 2.45) is 0 Å². The molecular weight excluding hydrogens is 360 g/mol. The van der Waals surface area contributed by atoms with E-state index in [9.17, 15) is 9.59 Å². The Bertz CT molecular complexity index is 783. The molecule has 0 saturated carbocycles. The van der Waals surface area contributed by atoms with Crippen molar-refractivity contribution in [3.63, 3.8) is 0 Å². The summed E-state index contributed by atoms with van der Waals surface area (Å²) in [7, 11) is 0. The molecule has 3 rings (SSSR count). The van der Waals surface area contributed by atoms with E-state index < -0.39 is 0 Å². The van der Waals surface area contributed by atoms with Crippen molar-refractivity contribution in [1.82, 2.24) is 0 Å². The minimum absolute atomic E-state index is 0.121. The zero-order chi connectivity index (χ0) is 19.8. The number of ether oxygens (including phenoxy) is 3. The lowest BCUT2D eigenvalue weighted by Gasteiger charge is -2.28. The molecule has 0 spiro atoms. The van der Waals surface area contributed by atoms with Crippen molar-refractivity contribution in [2.45, 2.75) is 6.92 Å². The Balaban J connectivity index is 1.47. The van der Waals surface area contributed by atoms with Crippen LogP contribution in [0.3, 0.4) is 0 Å². The van der Waals surface area contributed by atoms with Gasteiger partial charge in [0.2, 0.25) is 0 Å². The van der Waals surface area contributed by atoms with Crippen LogP contribution in [-0.4, -0.2) is 51.4 Å². The van der Waals surface area contributed by atoms with Gasteiger partial charge in [-0.1, -0.05) is 0 Å². The van der Waals surface area contributed by atoms with Gasteiger partial charge < -0.3 is 24.4 Å². The van der Waals surface area contributed by atoms with E-state index in [1.54, 1.807) is 31.2 Å². The smallest absolute Gasteiger partial charge is 0.338 e. The number of rotatable bonds is 7. The number of carbonyl (C=O) groups excluding carboxylic acids is 2. The Morgan fingerprint density at radius 1 is 1.04 bits per heavy atom. The van der Waals surface area contributed by atoms with Crippen molar-refractivity contribution in [3.05, 3.63) is 54.1 Å². The SMILES string of the molecule is CCOC(=O)c1ccc(OCC(=O)Nc2ccc(N3CCOCC3)cc2)cc1. The zero-order valence-corrected chi connectivity index (χ0v) is 15.8. The molecule has 1 N–H and O–H groups in total. The van der Waals surface area contributed by atoms with E-state index in [4.69, 9.17) is 14.2 Å². The summed E-state index contributed by atoms with van der Waals surface area (Å²) in [5, 5.41) is 2.81. The van der Waals surface area contributed by atoms with E-state index in [0.717, 1.165) is 32.0 Å². The van der Waals surface area contributed by atoms with Crippen LogP contribution in [0.5, 0.6) is 5.75 Å². The van der Waals surface area contributed by atoms with E-state index in [1.807, 2.05) is 24.3 Å². The molecule has 0 bridgehead atoms. The summed E-state index contributed by atoms with van der Waals surface area (Å²) < 4.78 is 15.7. The molecule has 2 aromatic carbocycles. The number of amides is 1. The minimum atomic E-state index is -0.382. The molecule has 7 heteroatoms. The summed E-state index contributed by atoms with van der Waals surface area (Å²) >= 11 is 0. The van der Waals surface area contributed by atoms with Gasteiger partial charge in [0.1, 0.15) is 5.75 Å². The Morgan fingerprint density at radius 2 is 1.71 bits per heavy atom. The van der Waals surface area contributed by atoms with E-state index in [0.29, 0.717) is 23.6 Å². The van der Waals surface area contributed by atoms with Crippen molar-refractivity contribution >= 4 is 23.3 Å². The van der Waals surface area contributed by atoms with Gasteiger partial charge in [-0.15, -0.1) is 0 Å². The molecule has 28 heavy (non-hydrogen) atoms. The number of esters is 1. The molecule has 1 aliphatic heterocycles. The fourth-order valence-electron chi connectivity index (χ4n) is 2.82. The maximum absolute atomic E-state index is 12.1. The van der Waals surface area contributed by atoms with Gasteiger partial charge in [-0.05, 0) is 55.5 Å². The number of morpholine rings is 1. The quantitative estimate of drug-likeness (QED) is 0.740. The largest absolute Gasteiger partial charge is 0.484 e. The highest BCUT2D eigenvalue weighted by atomic mass is 16.5. The Kier molecular flexibility index (Phi) is 6.86. The number of anilines is 2. The molecule has 2 aromatic rings. The van der Waals surface area contributed by atoms with Crippen LogP contribution in [0.25, 0.3) is 0 Å². The molecule has 1 aliphatic rings. The molecule has 0 radical (unpaired) electrons. The van der Waals surface area contributed by atoms with Gasteiger partial charge in [-0.25, -0.2) is 4.79 Å². The monoisotopic (exact) mass is 384 g/mol. The zero-order valence-electron chi connectivity index (χ0n) is 15.8. The van der Waals surface area contributed by atoms with Gasteiger partial charge in [0.15, 0.2) is 6.61 Å². The van der Waals surface area contributed by atoms with E-state index in [2.05, 4.69) is 10.2 Å². The van der Waals surface area contributed by atoms with Crippen LogP contribution in [0.1, 0.15) is 17.3 Å². The number of nitrogens with one attached hydrogen (secondary N) is 1. The summed E-state index contributed by atoms with van der Waals surface area (Å²) in [6.07, 6.45) is 0. The topological polar surface area (TPSA) is 77.1 Å². The van der Waals surface area contributed by atoms with Crippen LogP contribution in [-0.2, 0) is 14.3 Å². The van der Waals surface area contributed by atoms with Crippen LogP contribution < -0.4 is 15.0 Å². The second-order valence-corrected chi connectivity index (χ2v) is 6.23. The highest BCUT2D eigenvalue weighted by Gasteiger charge is 2.11. The second kappa shape index (κ2) is 9.75. The summed E-state index contributed by atoms with van der Waals surface area (Å²) in [6.45, 7) is 5.16. The number of nitrogens with zero attached hydrogens (tertiary/aromatic N) is 1. The maximum atomic E-state index is 12.1. The van der Waals surface area contributed by atoms with Gasteiger partial charge in [-0.3, -0.25) is 4.79 Å². The van der Waals surface area contributed by atoms with Gasteiger partial charge in [0, 0.05) is 24.5 Å². The lowest BCUT2D eigenvalue weighted by Crippen LogP contribution is -2.36. The number of carbonyl (C=O) groups is 2. The molecule has 0 aromatic heterocycles. The number of hydrogen-bond acceptors (Lipinski definition) is 6. The molecule has 1 saturated heterocycles. The molecule has 0 unspecified atom stereocenters. The van der Waals surface area contributed by atoms with Crippen LogP contribution in [0, 0.1) is 0 Å². The van der Waals surface area contributed by atoms with Crippen molar-refractivity contribution in [2.75, 3.05) is 49.7 Å². The van der Waals surface area contributed by atoms with Crippen LogP contribution in [0.15, 0.2) is 48.5 Å². The third-order valence-corrected chi connectivity index (χ3v) is 4.26. The summed E-state index contributed by atoms with van der Waals surface area (Å²) in [4.78, 5) is 26.0. The van der Waals surface area contributed by atoms with E-state index >= 15 is 0 Å². The fraction of sp³-hybridized carbons (Fsp3) is 0.333. The van der Waals surface area contributed by atoms with Gasteiger partial charge >= 0.3 is 5.97 Å². The summed E-state index contributed by atoms with van der Waals surface area (Å²) in [5.74, 6) is -0.133. The number of benzene rings is 2. The van der Waals surface area contributed by atoms with E-state index in [1.165, 1.54) is 0 Å². The molecule has 0 atom stereocenters. The molecule has 1 fully saturated rings. The standard InChI is InChI=1S/C21H24N2O5/c1-2-27-21(25)16-3-9-19(10-4-16)28-15-20(24)22-17-5-7-18(8-6-17)23-11-13-26-14-12-23/h3-10H,2,11-15H2,1H3,(H,22,24). The summed E-state index contributed by atoms with van der Waals surface area (Å²) in [5.41, 5.74) is 2.27. The third kappa shape index (κ3) is 5.47. The van der Waals surface area contributed by atoms with E-state index in [-0.39, 0.29) is 18.5 Å². The first-order valence-electron chi connectivity index (χ1n) is 9.28. The molecule has 0 aliphatic carbocycles. The van der Waals surface area contributed by atoms with Crippen LogP contribution >= 0.6 is 0 Å². The molecule has 148 valence electrons. The second-order valence-electron chi connectivity index (χ2n) is 6.23. The van der Waals surface area contributed by atoms with Crippen molar-refractivity contribution in [1.29, 1.82) is 0 Å². The first-order chi connectivity index (χ1) is 13.7. The highest BCUT2D eigenvalue weighted by molar-refractivity contribution is 5.92. The molecule has 1 heterocycles. The molecule has 7 nitrogen and oxygen atoms in total. The van der Waals surface area contributed by atoms with Gasteiger partial charge in [-0.2, -0.15) is 0 Å². The first kappa shape index (κ1) is 19.7. The Labute approximate surface area is 164 Å². The lowest BCUT2D eigenvalue weighted by molar-refractivity contribution is -0.118. The summed E-state index contributed by atoms with van der Waals surface area (Å²) in [6, 6.07) is 14.2. The number of hydrogen-bond donors (Lipinski definition) is 1. The Morgan fingerprint density at radius 3 is 2.36 bits per heavy atom. The first-order valence-corrected chi connectivity index (χ1v) is 9.28. The Hall–Kier alpha value is -3.06. The fourth-order valence-corrected chi connectivity index (χ4v) is 2.82. The molecule has 1 amide bonds. The van der Waals surface area contributed by atoms with Gasteiger partial charge in [0.25, 0.3) is 5.91 Å².